The van der Waals surface area contributed by atoms with E-state index in [1.807, 2.05) is 49.4 Å². The highest BCUT2D eigenvalue weighted by Gasteiger charge is 2.19. The molecule has 29 heavy (non-hydrogen) atoms. The van der Waals surface area contributed by atoms with Crippen molar-refractivity contribution in [3.63, 3.8) is 0 Å². The highest BCUT2D eigenvalue weighted by molar-refractivity contribution is 5.89. The third-order valence-electron chi connectivity index (χ3n) is 4.26. The number of urea groups is 1. The molecule has 3 aromatic rings. The molecule has 0 bridgehead atoms. The van der Waals surface area contributed by atoms with Gasteiger partial charge in [0.2, 0.25) is 6.79 Å². The summed E-state index contributed by atoms with van der Waals surface area (Å²) in [7, 11) is 3.37. The first-order chi connectivity index (χ1) is 14.0. The maximum absolute atomic E-state index is 11.8. The molecule has 2 amide bonds. The van der Waals surface area contributed by atoms with Crippen LogP contribution in [0.15, 0.2) is 42.5 Å². The third kappa shape index (κ3) is 3.79. The van der Waals surface area contributed by atoms with Crippen molar-refractivity contribution in [2.24, 2.45) is 0 Å². The van der Waals surface area contributed by atoms with Crippen molar-refractivity contribution in [3.05, 3.63) is 42.5 Å². The van der Waals surface area contributed by atoms with Crippen molar-refractivity contribution in [3.8, 4) is 34.6 Å². The monoisotopic (exact) mass is 395 g/mol. The standard InChI is InChI=1S/C20H21N5O4/c1-4-27-19-22-18(13-5-10-16-17(11-13)29-12-28-16)25(23-19)15-8-6-14(7-9-15)21-20(26)24(2)3/h5-11H,4,12H2,1-3H3,(H,21,26). The zero-order valence-electron chi connectivity index (χ0n) is 16.4. The molecule has 0 radical (unpaired) electrons. The van der Waals surface area contributed by atoms with Crippen molar-refractivity contribution < 1.29 is 19.0 Å². The number of fused-ring (bicyclic) bond motifs is 1. The molecular formula is C20H21N5O4. The van der Waals surface area contributed by atoms with Crippen LogP contribution in [0.4, 0.5) is 10.5 Å². The minimum absolute atomic E-state index is 0.196. The first-order valence-electron chi connectivity index (χ1n) is 9.14. The second-order valence-electron chi connectivity index (χ2n) is 6.50. The van der Waals surface area contributed by atoms with E-state index in [9.17, 15) is 4.79 Å². The van der Waals surface area contributed by atoms with E-state index in [2.05, 4.69) is 15.4 Å². The van der Waals surface area contributed by atoms with Crippen LogP contribution in [-0.2, 0) is 0 Å². The van der Waals surface area contributed by atoms with Crippen molar-refractivity contribution in [2.75, 3.05) is 32.8 Å². The molecule has 0 spiro atoms. The highest BCUT2D eigenvalue weighted by atomic mass is 16.7. The first kappa shape index (κ1) is 18.6. The fourth-order valence-electron chi connectivity index (χ4n) is 2.81. The number of hydrogen-bond acceptors (Lipinski definition) is 6. The summed E-state index contributed by atoms with van der Waals surface area (Å²) in [6.45, 7) is 2.54. The van der Waals surface area contributed by atoms with Gasteiger partial charge in [0, 0.05) is 25.3 Å². The van der Waals surface area contributed by atoms with Gasteiger partial charge in [-0.1, -0.05) is 0 Å². The van der Waals surface area contributed by atoms with Crippen molar-refractivity contribution in [2.45, 2.75) is 6.92 Å². The second kappa shape index (κ2) is 7.70. The zero-order valence-corrected chi connectivity index (χ0v) is 16.4. The summed E-state index contributed by atoms with van der Waals surface area (Å²) in [5.41, 5.74) is 2.28. The molecule has 0 saturated carbocycles. The zero-order chi connectivity index (χ0) is 20.4. The predicted molar refractivity (Wildman–Crippen MR) is 107 cm³/mol. The Morgan fingerprint density at radius 2 is 1.93 bits per heavy atom. The van der Waals surface area contributed by atoms with Gasteiger partial charge in [0.1, 0.15) is 0 Å². The number of ether oxygens (including phenoxy) is 3. The lowest BCUT2D eigenvalue weighted by Gasteiger charge is -2.12. The van der Waals surface area contributed by atoms with Crippen LogP contribution in [0.2, 0.25) is 0 Å². The topological polar surface area (TPSA) is 90.7 Å². The van der Waals surface area contributed by atoms with E-state index >= 15 is 0 Å². The van der Waals surface area contributed by atoms with Gasteiger partial charge in [-0.3, -0.25) is 0 Å². The van der Waals surface area contributed by atoms with Gasteiger partial charge in [-0.25, -0.2) is 9.48 Å². The summed E-state index contributed by atoms with van der Waals surface area (Å²) in [4.78, 5) is 17.8. The quantitative estimate of drug-likeness (QED) is 0.714. The number of nitrogens with one attached hydrogen (secondary N) is 1. The van der Waals surface area contributed by atoms with Crippen LogP contribution >= 0.6 is 0 Å². The Balaban J connectivity index is 1.69. The normalized spacial score (nSPS) is 12.0. The van der Waals surface area contributed by atoms with E-state index < -0.39 is 0 Å². The van der Waals surface area contributed by atoms with Crippen LogP contribution in [0.25, 0.3) is 17.1 Å². The molecule has 2 aromatic carbocycles. The van der Waals surface area contributed by atoms with E-state index in [0.717, 1.165) is 11.3 Å². The average Bonchev–Trinajstić information content (AvgIpc) is 3.35. The number of nitrogens with zero attached hydrogens (tertiary/aromatic N) is 4. The van der Waals surface area contributed by atoms with Crippen molar-refractivity contribution in [1.82, 2.24) is 19.7 Å². The van der Waals surface area contributed by atoms with Gasteiger partial charge in [-0.05, 0) is 49.4 Å². The van der Waals surface area contributed by atoms with Gasteiger partial charge in [0.05, 0.1) is 12.3 Å². The number of hydrogen-bond donors (Lipinski definition) is 1. The summed E-state index contributed by atoms with van der Waals surface area (Å²) in [5.74, 6) is 1.97. The molecule has 1 N–H and O–H groups in total. The molecule has 0 fully saturated rings. The number of anilines is 1. The third-order valence-corrected chi connectivity index (χ3v) is 4.26. The van der Waals surface area contributed by atoms with Gasteiger partial charge in [-0.15, -0.1) is 5.10 Å². The molecule has 0 aliphatic carbocycles. The van der Waals surface area contributed by atoms with Gasteiger partial charge < -0.3 is 24.4 Å². The van der Waals surface area contributed by atoms with Crippen LogP contribution in [0, 0.1) is 0 Å². The molecular weight excluding hydrogens is 374 g/mol. The van der Waals surface area contributed by atoms with E-state index in [1.54, 1.807) is 18.8 Å². The van der Waals surface area contributed by atoms with Crippen LogP contribution in [0.5, 0.6) is 17.5 Å². The lowest BCUT2D eigenvalue weighted by atomic mass is 10.2. The van der Waals surface area contributed by atoms with Crippen LogP contribution < -0.4 is 19.5 Å². The van der Waals surface area contributed by atoms with Gasteiger partial charge in [-0.2, -0.15) is 4.98 Å². The maximum Gasteiger partial charge on any atom is 0.336 e. The number of amides is 2. The van der Waals surface area contributed by atoms with Crippen LogP contribution in [0.1, 0.15) is 6.92 Å². The molecule has 150 valence electrons. The van der Waals surface area contributed by atoms with E-state index in [-0.39, 0.29) is 18.8 Å². The number of aromatic nitrogens is 3. The molecule has 0 saturated heterocycles. The van der Waals surface area contributed by atoms with E-state index in [0.29, 0.717) is 29.6 Å². The molecule has 1 aliphatic rings. The fourth-order valence-corrected chi connectivity index (χ4v) is 2.81. The van der Waals surface area contributed by atoms with E-state index in [1.165, 1.54) is 4.90 Å². The Labute approximate surface area is 167 Å². The molecule has 4 rings (SSSR count). The smallest absolute Gasteiger partial charge is 0.336 e. The molecule has 0 atom stereocenters. The van der Waals surface area contributed by atoms with Crippen molar-refractivity contribution in [1.29, 1.82) is 0 Å². The summed E-state index contributed by atoms with van der Waals surface area (Å²) >= 11 is 0. The molecule has 1 aromatic heterocycles. The Kier molecular flexibility index (Phi) is 4.94. The van der Waals surface area contributed by atoms with Gasteiger partial charge in [0.15, 0.2) is 17.3 Å². The molecule has 0 unspecified atom stereocenters. The summed E-state index contributed by atoms with van der Waals surface area (Å²) in [6, 6.07) is 13.0. The molecule has 1 aliphatic heterocycles. The second-order valence-corrected chi connectivity index (χ2v) is 6.50. The van der Waals surface area contributed by atoms with Crippen LogP contribution in [-0.4, -0.2) is 53.2 Å². The number of carbonyl (C=O) groups is 1. The van der Waals surface area contributed by atoms with Gasteiger partial charge >= 0.3 is 12.0 Å². The Morgan fingerprint density at radius 1 is 1.17 bits per heavy atom. The molecule has 9 heteroatoms. The van der Waals surface area contributed by atoms with E-state index in [4.69, 9.17) is 14.2 Å². The lowest BCUT2D eigenvalue weighted by molar-refractivity contribution is 0.174. The molecule has 9 nitrogen and oxygen atoms in total. The summed E-state index contributed by atoms with van der Waals surface area (Å²) in [5, 5.41) is 7.28. The largest absolute Gasteiger partial charge is 0.463 e. The summed E-state index contributed by atoms with van der Waals surface area (Å²) in [6.07, 6.45) is 0. The number of rotatable bonds is 5. The maximum atomic E-state index is 11.8. The Bertz CT molecular complexity index is 1030. The average molecular weight is 395 g/mol. The lowest BCUT2D eigenvalue weighted by Crippen LogP contribution is -2.27. The molecule has 2 heterocycles. The fraction of sp³-hybridized carbons (Fsp3) is 0.250. The highest BCUT2D eigenvalue weighted by Crippen LogP contribution is 2.36. The SMILES string of the molecule is CCOc1nc(-c2ccc3c(c2)OCO3)n(-c2ccc(NC(=O)N(C)C)cc2)n1. The summed E-state index contributed by atoms with van der Waals surface area (Å²) < 4.78 is 18.1. The number of carbonyl (C=O) groups excluding carboxylic acids is 1. The number of benzene rings is 2. The van der Waals surface area contributed by atoms with Crippen LogP contribution in [0.3, 0.4) is 0 Å². The minimum atomic E-state index is -0.196. The Hall–Kier alpha value is -3.75. The van der Waals surface area contributed by atoms with Gasteiger partial charge in [0.25, 0.3) is 0 Å². The Morgan fingerprint density at radius 3 is 2.66 bits per heavy atom. The predicted octanol–water partition coefficient (Wildman–Crippen LogP) is 3.16. The first-order valence-corrected chi connectivity index (χ1v) is 9.14. The minimum Gasteiger partial charge on any atom is -0.463 e. The van der Waals surface area contributed by atoms with Crippen molar-refractivity contribution >= 4 is 11.7 Å².